The Morgan fingerprint density at radius 1 is 1.56 bits per heavy atom. The fourth-order valence-corrected chi connectivity index (χ4v) is 3.24. The summed E-state index contributed by atoms with van der Waals surface area (Å²) in [5.41, 5.74) is 0. The first kappa shape index (κ1) is 13.7. The van der Waals surface area contributed by atoms with Crippen LogP contribution in [0, 0.1) is 5.82 Å². The highest BCUT2D eigenvalue weighted by atomic mass is 79.9. The molecule has 1 saturated heterocycles. The molecular formula is C9H7BrClFN2O3S. The van der Waals surface area contributed by atoms with Gasteiger partial charge >= 0.3 is 0 Å². The van der Waals surface area contributed by atoms with E-state index in [1.165, 1.54) is 4.90 Å². The molecule has 0 bridgehead atoms. The lowest BCUT2D eigenvalue weighted by Gasteiger charge is -2.16. The molecule has 0 aliphatic carbocycles. The van der Waals surface area contributed by atoms with Gasteiger partial charge in [0.1, 0.15) is 16.9 Å². The van der Waals surface area contributed by atoms with Crippen LogP contribution in [0.15, 0.2) is 16.7 Å². The predicted molar refractivity (Wildman–Crippen MR) is 67.4 cm³/mol. The molecule has 1 amide bonds. The standard InChI is InChI=1S/C9H7BrClFN2O3S/c10-7-1-5(12)3-13-9(7)14-4-6(2-8(14)15)18(11,16)17/h1,3,6H,2,4H2. The lowest BCUT2D eigenvalue weighted by atomic mass is 10.4. The van der Waals surface area contributed by atoms with Gasteiger partial charge in [0, 0.05) is 23.6 Å². The highest BCUT2D eigenvalue weighted by molar-refractivity contribution is 9.10. The van der Waals surface area contributed by atoms with Crippen molar-refractivity contribution < 1.29 is 17.6 Å². The van der Waals surface area contributed by atoms with Crippen molar-refractivity contribution in [2.24, 2.45) is 0 Å². The molecule has 1 atom stereocenters. The first-order chi connectivity index (χ1) is 8.29. The maximum Gasteiger partial charge on any atom is 0.237 e. The molecule has 1 aliphatic heterocycles. The third kappa shape index (κ3) is 2.65. The lowest BCUT2D eigenvalue weighted by Crippen LogP contribution is -2.27. The summed E-state index contributed by atoms with van der Waals surface area (Å²) in [5, 5.41) is -0.967. The predicted octanol–water partition coefficient (Wildman–Crippen LogP) is 1.66. The summed E-state index contributed by atoms with van der Waals surface area (Å²) in [5.74, 6) is -0.785. The van der Waals surface area contributed by atoms with Crippen LogP contribution in [0.2, 0.25) is 0 Å². The molecule has 2 heterocycles. The number of aromatic nitrogens is 1. The summed E-state index contributed by atoms with van der Waals surface area (Å²) >= 11 is 3.08. The van der Waals surface area contributed by atoms with Crippen molar-refractivity contribution in [2.45, 2.75) is 11.7 Å². The number of nitrogens with zero attached hydrogens (tertiary/aromatic N) is 2. The van der Waals surface area contributed by atoms with Crippen molar-refractivity contribution in [1.29, 1.82) is 0 Å². The number of pyridine rings is 1. The van der Waals surface area contributed by atoms with Crippen molar-refractivity contribution in [3.05, 3.63) is 22.6 Å². The Bertz CT molecular complexity index is 610. The second-order valence-electron chi connectivity index (χ2n) is 3.77. The topological polar surface area (TPSA) is 67.3 Å². The van der Waals surface area contributed by atoms with E-state index >= 15 is 0 Å². The van der Waals surface area contributed by atoms with Crippen LogP contribution >= 0.6 is 26.6 Å². The van der Waals surface area contributed by atoms with E-state index in [9.17, 15) is 17.6 Å². The molecule has 1 aromatic heterocycles. The second kappa shape index (κ2) is 4.75. The Morgan fingerprint density at radius 2 is 2.22 bits per heavy atom. The van der Waals surface area contributed by atoms with Crippen LogP contribution in [0.25, 0.3) is 0 Å². The largest absolute Gasteiger partial charge is 0.294 e. The summed E-state index contributed by atoms with van der Waals surface area (Å²) in [7, 11) is 1.42. The monoisotopic (exact) mass is 356 g/mol. The maximum atomic E-state index is 12.9. The van der Waals surface area contributed by atoms with E-state index in [4.69, 9.17) is 10.7 Å². The number of halogens is 3. The van der Waals surface area contributed by atoms with Gasteiger partial charge in [-0.1, -0.05) is 0 Å². The van der Waals surface area contributed by atoms with Crippen LogP contribution in [0.5, 0.6) is 0 Å². The number of hydrogen-bond acceptors (Lipinski definition) is 4. The minimum absolute atomic E-state index is 0.0814. The minimum Gasteiger partial charge on any atom is -0.294 e. The SMILES string of the molecule is O=C1CC(S(=O)(=O)Cl)CN1c1ncc(F)cc1Br. The van der Waals surface area contributed by atoms with Gasteiger partial charge in [0.15, 0.2) is 0 Å². The van der Waals surface area contributed by atoms with E-state index in [0.29, 0.717) is 0 Å². The smallest absolute Gasteiger partial charge is 0.237 e. The molecule has 18 heavy (non-hydrogen) atoms. The van der Waals surface area contributed by atoms with Crippen molar-refractivity contribution in [1.82, 2.24) is 4.98 Å². The third-order valence-electron chi connectivity index (χ3n) is 2.53. The number of carbonyl (C=O) groups is 1. The van der Waals surface area contributed by atoms with Gasteiger partial charge in [-0.15, -0.1) is 0 Å². The molecule has 5 nitrogen and oxygen atoms in total. The Balaban J connectivity index is 2.33. The molecule has 0 saturated carbocycles. The lowest BCUT2D eigenvalue weighted by molar-refractivity contribution is -0.117. The number of carbonyl (C=O) groups excluding carboxylic acids is 1. The molecule has 0 aromatic carbocycles. The molecule has 0 spiro atoms. The Kier molecular flexibility index (Phi) is 3.61. The van der Waals surface area contributed by atoms with Gasteiger partial charge in [-0.25, -0.2) is 17.8 Å². The first-order valence-corrected chi connectivity index (χ1v) is 8.00. The van der Waals surface area contributed by atoms with Gasteiger partial charge in [-0.05, 0) is 22.0 Å². The fraction of sp³-hybridized carbons (Fsp3) is 0.333. The van der Waals surface area contributed by atoms with E-state index < -0.39 is 26.0 Å². The van der Waals surface area contributed by atoms with Crippen LogP contribution < -0.4 is 4.90 Å². The summed E-state index contributed by atoms with van der Waals surface area (Å²) in [4.78, 5) is 16.7. The Labute approximate surface area is 115 Å². The zero-order valence-corrected chi connectivity index (χ0v) is 12.0. The van der Waals surface area contributed by atoms with E-state index in [1.54, 1.807) is 0 Å². The van der Waals surface area contributed by atoms with Gasteiger partial charge in [0.05, 0.1) is 10.7 Å². The Hall–Kier alpha value is -0.730. The van der Waals surface area contributed by atoms with Gasteiger partial charge in [0.2, 0.25) is 15.0 Å². The van der Waals surface area contributed by atoms with Gasteiger partial charge < -0.3 is 0 Å². The molecule has 1 fully saturated rings. The highest BCUT2D eigenvalue weighted by Gasteiger charge is 2.39. The third-order valence-corrected chi connectivity index (χ3v) is 4.98. The molecule has 0 radical (unpaired) electrons. The molecular weight excluding hydrogens is 351 g/mol. The first-order valence-electron chi connectivity index (χ1n) is 4.84. The Morgan fingerprint density at radius 3 is 2.72 bits per heavy atom. The summed E-state index contributed by atoms with van der Waals surface area (Å²) in [6, 6.07) is 1.15. The van der Waals surface area contributed by atoms with Crippen LogP contribution in [0.1, 0.15) is 6.42 Å². The van der Waals surface area contributed by atoms with Crippen molar-refractivity contribution in [2.75, 3.05) is 11.4 Å². The number of anilines is 1. The molecule has 0 N–H and O–H groups in total. The van der Waals surface area contributed by atoms with E-state index in [2.05, 4.69) is 20.9 Å². The zero-order valence-electron chi connectivity index (χ0n) is 8.81. The normalized spacial score (nSPS) is 20.5. The molecule has 1 aliphatic rings. The summed E-state index contributed by atoms with van der Waals surface area (Å²) < 4.78 is 35.5. The van der Waals surface area contributed by atoms with E-state index in [0.717, 1.165) is 12.3 Å². The van der Waals surface area contributed by atoms with Crippen molar-refractivity contribution in [3.63, 3.8) is 0 Å². The van der Waals surface area contributed by atoms with Gasteiger partial charge in [0.25, 0.3) is 0 Å². The van der Waals surface area contributed by atoms with E-state index in [1.807, 2.05) is 0 Å². The second-order valence-corrected chi connectivity index (χ2v) is 7.53. The van der Waals surface area contributed by atoms with E-state index in [-0.39, 0.29) is 23.3 Å². The van der Waals surface area contributed by atoms with Crippen LogP contribution in [-0.4, -0.2) is 31.1 Å². The number of rotatable bonds is 2. The fourth-order valence-electron chi connectivity index (χ4n) is 1.67. The number of hydrogen-bond donors (Lipinski definition) is 0. The maximum absolute atomic E-state index is 12.9. The molecule has 1 aromatic rings. The quantitative estimate of drug-likeness (QED) is 0.755. The minimum atomic E-state index is -3.80. The average molecular weight is 358 g/mol. The van der Waals surface area contributed by atoms with Crippen LogP contribution in [-0.2, 0) is 13.8 Å². The molecule has 9 heteroatoms. The molecule has 2 rings (SSSR count). The highest BCUT2D eigenvalue weighted by Crippen LogP contribution is 2.30. The van der Waals surface area contributed by atoms with Crippen LogP contribution in [0.3, 0.4) is 0 Å². The zero-order chi connectivity index (χ0) is 13.5. The summed E-state index contributed by atoms with van der Waals surface area (Å²) in [6.45, 7) is -0.0814. The number of amides is 1. The van der Waals surface area contributed by atoms with Gasteiger partial charge in [-0.3, -0.25) is 9.69 Å². The van der Waals surface area contributed by atoms with Gasteiger partial charge in [-0.2, -0.15) is 0 Å². The van der Waals surface area contributed by atoms with Crippen molar-refractivity contribution in [3.8, 4) is 0 Å². The summed E-state index contributed by atoms with van der Waals surface area (Å²) in [6.07, 6.45) is 0.757. The van der Waals surface area contributed by atoms with Crippen LogP contribution in [0.4, 0.5) is 10.2 Å². The molecule has 98 valence electrons. The average Bonchev–Trinajstić information content (AvgIpc) is 2.60. The molecule has 1 unspecified atom stereocenters. The van der Waals surface area contributed by atoms with Crippen molar-refractivity contribution >= 4 is 47.4 Å².